The summed E-state index contributed by atoms with van der Waals surface area (Å²) in [5, 5.41) is 6.17. The molecule has 2 rings (SSSR count). The number of benzene rings is 1. The van der Waals surface area contributed by atoms with Crippen LogP contribution in [-0.4, -0.2) is 38.3 Å². The number of nitrogens with one attached hydrogen (secondary N) is 2. The predicted molar refractivity (Wildman–Crippen MR) is 66.0 cm³/mol. The van der Waals surface area contributed by atoms with Crippen LogP contribution in [0, 0.1) is 0 Å². The topological polar surface area (TPSA) is 50.4 Å². The van der Waals surface area contributed by atoms with Gasteiger partial charge in [0, 0.05) is 25.2 Å². The lowest BCUT2D eigenvalue weighted by Gasteiger charge is -2.23. The van der Waals surface area contributed by atoms with Gasteiger partial charge < -0.3 is 15.4 Å². The molecule has 2 N–H and O–H groups in total. The zero-order chi connectivity index (χ0) is 11.9. The van der Waals surface area contributed by atoms with Crippen molar-refractivity contribution in [3.8, 4) is 0 Å². The second-order valence-electron chi connectivity index (χ2n) is 4.11. The van der Waals surface area contributed by atoms with Gasteiger partial charge in [-0.2, -0.15) is 0 Å². The van der Waals surface area contributed by atoms with E-state index in [-0.39, 0.29) is 12.0 Å². The lowest BCUT2D eigenvalue weighted by molar-refractivity contribution is 0.0239. The minimum absolute atomic E-state index is 0.0191. The number of carbonyl (C=O) groups is 1. The third kappa shape index (κ3) is 3.84. The highest BCUT2D eigenvalue weighted by Crippen LogP contribution is 2.01. The normalized spacial score (nSPS) is 19.9. The van der Waals surface area contributed by atoms with Crippen LogP contribution >= 0.6 is 0 Å². The molecular weight excluding hydrogens is 216 g/mol. The Bertz CT molecular complexity index is 348. The van der Waals surface area contributed by atoms with Gasteiger partial charge in [-0.05, 0) is 18.6 Å². The monoisotopic (exact) mass is 234 g/mol. The van der Waals surface area contributed by atoms with Gasteiger partial charge in [-0.1, -0.05) is 18.2 Å². The summed E-state index contributed by atoms with van der Waals surface area (Å²) in [6.45, 7) is 3.21. The first-order valence-corrected chi connectivity index (χ1v) is 6.02. The molecule has 0 saturated carbocycles. The van der Waals surface area contributed by atoms with E-state index in [2.05, 4.69) is 10.6 Å². The van der Waals surface area contributed by atoms with Gasteiger partial charge in [0.2, 0.25) is 0 Å². The molecule has 1 fully saturated rings. The fourth-order valence-corrected chi connectivity index (χ4v) is 1.84. The molecule has 1 aromatic carbocycles. The van der Waals surface area contributed by atoms with E-state index in [4.69, 9.17) is 4.74 Å². The maximum Gasteiger partial charge on any atom is 0.251 e. The molecule has 0 aromatic heterocycles. The third-order valence-electron chi connectivity index (χ3n) is 2.79. The summed E-state index contributed by atoms with van der Waals surface area (Å²) in [4.78, 5) is 11.7. The highest BCUT2D eigenvalue weighted by atomic mass is 16.5. The standard InChI is InChI=1S/C13H18N2O2/c16-13(11-4-2-1-3-5-11)15-7-6-12-10-14-8-9-17-12/h1-5,12,14H,6-10H2,(H,15,16). The number of amides is 1. The van der Waals surface area contributed by atoms with Gasteiger partial charge in [0.05, 0.1) is 12.7 Å². The highest BCUT2D eigenvalue weighted by Gasteiger charge is 2.13. The quantitative estimate of drug-likeness (QED) is 0.810. The molecule has 0 aliphatic carbocycles. The summed E-state index contributed by atoms with van der Waals surface area (Å²) < 4.78 is 5.55. The molecule has 1 amide bonds. The lowest BCUT2D eigenvalue weighted by atomic mass is 10.2. The molecule has 4 nitrogen and oxygen atoms in total. The summed E-state index contributed by atoms with van der Waals surface area (Å²) >= 11 is 0. The third-order valence-corrected chi connectivity index (χ3v) is 2.79. The molecular formula is C13H18N2O2. The van der Waals surface area contributed by atoms with Crippen molar-refractivity contribution in [3.63, 3.8) is 0 Å². The Kier molecular flexibility index (Phi) is 4.53. The number of rotatable bonds is 4. The molecule has 0 spiro atoms. The van der Waals surface area contributed by atoms with E-state index in [0.717, 1.165) is 26.1 Å². The van der Waals surface area contributed by atoms with Crippen molar-refractivity contribution >= 4 is 5.91 Å². The van der Waals surface area contributed by atoms with Gasteiger partial charge in [0.15, 0.2) is 0 Å². The van der Waals surface area contributed by atoms with Crippen LogP contribution in [0.2, 0.25) is 0 Å². The molecule has 1 unspecified atom stereocenters. The molecule has 1 saturated heterocycles. The lowest BCUT2D eigenvalue weighted by Crippen LogP contribution is -2.40. The molecule has 1 atom stereocenters. The first-order chi connectivity index (χ1) is 8.36. The van der Waals surface area contributed by atoms with Gasteiger partial charge in [-0.3, -0.25) is 4.79 Å². The zero-order valence-corrected chi connectivity index (χ0v) is 9.82. The zero-order valence-electron chi connectivity index (χ0n) is 9.82. The Morgan fingerprint density at radius 1 is 1.41 bits per heavy atom. The van der Waals surface area contributed by atoms with Gasteiger partial charge in [-0.15, -0.1) is 0 Å². The van der Waals surface area contributed by atoms with Crippen LogP contribution in [0.4, 0.5) is 0 Å². The molecule has 1 aliphatic rings. The number of morpholine rings is 1. The second-order valence-corrected chi connectivity index (χ2v) is 4.11. The van der Waals surface area contributed by atoms with E-state index >= 15 is 0 Å². The molecule has 4 heteroatoms. The van der Waals surface area contributed by atoms with Crippen LogP contribution in [-0.2, 0) is 4.74 Å². The Morgan fingerprint density at radius 3 is 2.94 bits per heavy atom. The van der Waals surface area contributed by atoms with Crippen LogP contribution < -0.4 is 10.6 Å². The fraction of sp³-hybridized carbons (Fsp3) is 0.462. The van der Waals surface area contributed by atoms with Crippen molar-refractivity contribution in [3.05, 3.63) is 35.9 Å². The molecule has 1 aliphatic heterocycles. The summed E-state index contributed by atoms with van der Waals surface area (Å²) in [5.74, 6) is -0.0191. The molecule has 0 radical (unpaired) electrons. The van der Waals surface area contributed by atoms with Crippen LogP contribution in [0.25, 0.3) is 0 Å². The van der Waals surface area contributed by atoms with Crippen LogP contribution in [0.3, 0.4) is 0 Å². The van der Waals surface area contributed by atoms with E-state index in [1.807, 2.05) is 30.3 Å². The van der Waals surface area contributed by atoms with E-state index in [0.29, 0.717) is 12.1 Å². The van der Waals surface area contributed by atoms with Gasteiger partial charge in [0.25, 0.3) is 5.91 Å². The SMILES string of the molecule is O=C(NCCC1CNCCO1)c1ccccc1. The van der Waals surface area contributed by atoms with Crippen LogP contribution in [0.1, 0.15) is 16.8 Å². The minimum atomic E-state index is -0.0191. The summed E-state index contributed by atoms with van der Waals surface area (Å²) in [6, 6.07) is 9.26. The smallest absolute Gasteiger partial charge is 0.251 e. The maximum atomic E-state index is 11.7. The molecule has 1 aromatic rings. The largest absolute Gasteiger partial charge is 0.376 e. The maximum absolute atomic E-state index is 11.7. The molecule has 92 valence electrons. The Labute approximate surface area is 101 Å². The Hall–Kier alpha value is -1.39. The van der Waals surface area contributed by atoms with Crippen molar-refractivity contribution in [2.45, 2.75) is 12.5 Å². The van der Waals surface area contributed by atoms with Crippen molar-refractivity contribution in [1.29, 1.82) is 0 Å². The van der Waals surface area contributed by atoms with E-state index in [9.17, 15) is 4.79 Å². The fourth-order valence-electron chi connectivity index (χ4n) is 1.84. The Balaban J connectivity index is 1.69. The second kappa shape index (κ2) is 6.37. The minimum Gasteiger partial charge on any atom is -0.376 e. The first kappa shape index (κ1) is 12.1. The van der Waals surface area contributed by atoms with Crippen molar-refractivity contribution in [1.82, 2.24) is 10.6 Å². The van der Waals surface area contributed by atoms with E-state index in [1.165, 1.54) is 0 Å². The van der Waals surface area contributed by atoms with Gasteiger partial charge in [-0.25, -0.2) is 0 Å². The highest BCUT2D eigenvalue weighted by molar-refractivity contribution is 5.94. The number of hydrogen-bond acceptors (Lipinski definition) is 3. The molecule has 17 heavy (non-hydrogen) atoms. The number of carbonyl (C=O) groups excluding carboxylic acids is 1. The predicted octanol–water partition coefficient (Wildman–Crippen LogP) is 0.795. The average Bonchev–Trinajstić information content (AvgIpc) is 2.41. The summed E-state index contributed by atoms with van der Waals surface area (Å²) in [6.07, 6.45) is 1.07. The first-order valence-electron chi connectivity index (χ1n) is 6.02. The molecule has 1 heterocycles. The van der Waals surface area contributed by atoms with Crippen molar-refractivity contribution < 1.29 is 9.53 Å². The number of ether oxygens (including phenoxy) is 1. The molecule has 0 bridgehead atoms. The van der Waals surface area contributed by atoms with Crippen molar-refractivity contribution in [2.75, 3.05) is 26.2 Å². The number of hydrogen-bond donors (Lipinski definition) is 2. The van der Waals surface area contributed by atoms with Gasteiger partial charge >= 0.3 is 0 Å². The van der Waals surface area contributed by atoms with E-state index in [1.54, 1.807) is 0 Å². The van der Waals surface area contributed by atoms with Gasteiger partial charge in [0.1, 0.15) is 0 Å². The van der Waals surface area contributed by atoms with Crippen LogP contribution in [0.5, 0.6) is 0 Å². The Morgan fingerprint density at radius 2 is 2.24 bits per heavy atom. The van der Waals surface area contributed by atoms with Crippen LogP contribution in [0.15, 0.2) is 30.3 Å². The average molecular weight is 234 g/mol. The van der Waals surface area contributed by atoms with E-state index < -0.39 is 0 Å². The summed E-state index contributed by atoms with van der Waals surface area (Å²) in [7, 11) is 0. The van der Waals surface area contributed by atoms with Crippen molar-refractivity contribution in [2.24, 2.45) is 0 Å². The summed E-state index contributed by atoms with van der Waals surface area (Å²) in [5.41, 5.74) is 0.704.